The van der Waals surface area contributed by atoms with Crippen LogP contribution in [0.25, 0.3) is 0 Å². The van der Waals surface area contributed by atoms with Crippen molar-refractivity contribution in [3.8, 4) is 5.75 Å². The van der Waals surface area contributed by atoms with Gasteiger partial charge >= 0.3 is 0 Å². The molecule has 0 bridgehead atoms. The minimum Gasteiger partial charge on any atom is -0.508 e. The van der Waals surface area contributed by atoms with Gasteiger partial charge in [0, 0.05) is 17.8 Å². The second-order valence-electron chi connectivity index (χ2n) is 5.22. The Labute approximate surface area is 120 Å². The van der Waals surface area contributed by atoms with Crippen molar-refractivity contribution >= 4 is 5.69 Å². The number of aromatic hydroxyl groups is 1. The molecule has 0 aliphatic heterocycles. The first-order valence-electron chi connectivity index (χ1n) is 6.95. The van der Waals surface area contributed by atoms with Crippen LogP contribution in [0.3, 0.4) is 0 Å². The first kappa shape index (κ1) is 14.4. The van der Waals surface area contributed by atoms with Gasteiger partial charge in [0.25, 0.3) is 0 Å². The molecule has 2 rings (SSSR count). The van der Waals surface area contributed by atoms with Crippen molar-refractivity contribution in [1.82, 2.24) is 4.90 Å². The zero-order chi connectivity index (χ0) is 14.4. The monoisotopic (exact) mass is 270 g/mol. The fourth-order valence-corrected chi connectivity index (χ4v) is 2.30. The highest BCUT2D eigenvalue weighted by molar-refractivity contribution is 5.47. The standard InChI is InChI=1S/C17H22N2O/c1-19(11-5-8-14-6-3-2-4-7-14)13-15-12-16(18)9-10-17(15)20/h2-4,6-7,9-10,12,20H,5,8,11,13,18H2,1H3. The SMILES string of the molecule is CN(CCCc1ccccc1)Cc1cc(N)ccc1O. The lowest BCUT2D eigenvalue weighted by atomic mass is 10.1. The van der Waals surface area contributed by atoms with Crippen LogP contribution < -0.4 is 5.73 Å². The lowest BCUT2D eigenvalue weighted by Crippen LogP contribution is -2.19. The van der Waals surface area contributed by atoms with Crippen LogP contribution in [-0.2, 0) is 13.0 Å². The molecule has 3 nitrogen and oxygen atoms in total. The summed E-state index contributed by atoms with van der Waals surface area (Å²) in [5.74, 6) is 0.314. The second-order valence-corrected chi connectivity index (χ2v) is 5.22. The summed E-state index contributed by atoms with van der Waals surface area (Å²) in [5.41, 5.74) is 8.69. The number of rotatable bonds is 6. The van der Waals surface area contributed by atoms with Crippen LogP contribution in [0.1, 0.15) is 17.5 Å². The number of nitrogens with zero attached hydrogens (tertiary/aromatic N) is 1. The zero-order valence-electron chi connectivity index (χ0n) is 11.9. The maximum atomic E-state index is 9.81. The molecular formula is C17H22N2O. The Morgan fingerprint density at radius 2 is 1.85 bits per heavy atom. The van der Waals surface area contributed by atoms with E-state index in [1.165, 1.54) is 5.56 Å². The molecule has 3 N–H and O–H groups in total. The number of benzene rings is 2. The predicted molar refractivity (Wildman–Crippen MR) is 83.6 cm³/mol. The molecule has 0 fully saturated rings. The molecule has 3 heteroatoms. The highest BCUT2D eigenvalue weighted by Crippen LogP contribution is 2.21. The number of nitrogens with two attached hydrogens (primary N) is 1. The van der Waals surface area contributed by atoms with Gasteiger partial charge in [-0.15, -0.1) is 0 Å². The summed E-state index contributed by atoms with van der Waals surface area (Å²) in [6.45, 7) is 1.70. The third-order valence-corrected chi connectivity index (χ3v) is 3.39. The summed E-state index contributed by atoms with van der Waals surface area (Å²) in [6, 6.07) is 15.7. The topological polar surface area (TPSA) is 49.5 Å². The van der Waals surface area contributed by atoms with Gasteiger partial charge in [-0.1, -0.05) is 30.3 Å². The Morgan fingerprint density at radius 1 is 1.10 bits per heavy atom. The molecule has 20 heavy (non-hydrogen) atoms. The van der Waals surface area contributed by atoms with Gasteiger partial charge in [-0.05, 0) is 50.2 Å². The van der Waals surface area contributed by atoms with Crippen molar-refractivity contribution in [2.75, 3.05) is 19.3 Å². The van der Waals surface area contributed by atoms with Gasteiger partial charge in [-0.2, -0.15) is 0 Å². The fraction of sp³-hybridized carbons (Fsp3) is 0.294. The minimum atomic E-state index is 0.314. The molecule has 0 radical (unpaired) electrons. The molecule has 2 aromatic rings. The van der Waals surface area contributed by atoms with Crippen molar-refractivity contribution in [3.63, 3.8) is 0 Å². The molecule has 0 aliphatic rings. The molecule has 0 aliphatic carbocycles. The minimum absolute atomic E-state index is 0.314. The van der Waals surface area contributed by atoms with Crippen molar-refractivity contribution in [2.45, 2.75) is 19.4 Å². The van der Waals surface area contributed by atoms with Crippen LogP contribution >= 0.6 is 0 Å². The average molecular weight is 270 g/mol. The van der Waals surface area contributed by atoms with Crippen LogP contribution in [0.2, 0.25) is 0 Å². The first-order valence-corrected chi connectivity index (χ1v) is 6.95. The van der Waals surface area contributed by atoms with Crippen molar-refractivity contribution in [2.24, 2.45) is 0 Å². The van der Waals surface area contributed by atoms with Gasteiger partial charge in [0.1, 0.15) is 5.75 Å². The number of hydrogen-bond acceptors (Lipinski definition) is 3. The Hall–Kier alpha value is -2.00. The predicted octanol–water partition coefficient (Wildman–Crippen LogP) is 3.04. The number of hydrogen-bond donors (Lipinski definition) is 2. The summed E-state index contributed by atoms with van der Waals surface area (Å²) in [4.78, 5) is 2.21. The van der Waals surface area contributed by atoms with Gasteiger partial charge in [-0.3, -0.25) is 0 Å². The van der Waals surface area contributed by atoms with E-state index in [1.54, 1.807) is 12.1 Å². The molecule has 0 amide bonds. The van der Waals surface area contributed by atoms with E-state index in [-0.39, 0.29) is 0 Å². The molecule has 2 aromatic carbocycles. The van der Waals surface area contributed by atoms with Crippen molar-refractivity contribution in [3.05, 3.63) is 59.7 Å². The Kier molecular flexibility index (Phi) is 5.02. The summed E-state index contributed by atoms with van der Waals surface area (Å²) in [5, 5.41) is 9.81. The molecular weight excluding hydrogens is 248 g/mol. The number of nitrogen functional groups attached to an aromatic ring is 1. The summed E-state index contributed by atoms with van der Waals surface area (Å²) < 4.78 is 0. The molecule has 0 unspecified atom stereocenters. The molecule has 0 atom stereocenters. The van der Waals surface area contributed by atoms with Crippen molar-refractivity contribution < 1.29 is 5.11 Å². The van der Waals surface area contributed by atoms with E-state index in [9.17, 15) is 5.11 Å². The number of aryl methyl sites for hydroxylation is 1. The van der Waals surface area contributed by atoms with Crippen LogP contribution in [-0.4, -0.2) is 23.6 Å². The molecule has 0 aromatic heterocycles. The Balaban J connectivity index is 1.80. The molecule has 0 saturated heterocycles. The normalized spacial score (nSPS) is 10.9. The fourth-order valence-electron chi connectivity index (χ4n) is 2.30. The quantitative estimate of drug-likeness (QED) is 0.626. The van der Waals surface area contributed by atoms with Gasteiger partial charge in [0.05, 0.1) is 0 Å². The zero-order valence-corrected chi connectivity index (χ0v) is 11.9. The molecule has 0 saturated carbocycles. The van der Waals surface area contributed by atoms with Gasteiger partial charge in [-0.25, -0.2) is 0 Å². The van der Waals surface area contributed by atoms with Crippen LogP contribution in [0, 0.1) is 0 Å². The maximum absolute atomic E-state index is 9.81. The Bertz CT molecular complexity index is 540. The lowest BCUT2D eigenvalue weighted by Gasteiger charge is -2.17. The van der Waals surface area contributed by atoms with Crippen LogP contribution in [0.5, 0.6) is 5.75 Å². The van der Waals surface area contributed by atoms with E-state index in [0.717, 1.165) is 24.9 Å². The third kappa shape index (κ3) is 4.28. The van der Waals surface area contributed by atoms with E-state index in [1.807, 2.05) is 12.1 Å². The van der Waals surface area contributed by atoms with E-state index in [0.29, 0.717) is 18.0 Å². The highest BCUT2D eigenvalue weighted by atomic mass is 16.3. The number of phenolic OH excluding ortho intramolecular Hbond substituents is 1. The van der Waals surface area contributed by atoms with E-state index in [4.69, 9.17) is 5.73 Å². The molecule has 0 heterocycles. The summed E-state index contributed by atoms with van der Waals surface area (Å²) in [6.07, 6.45) is 2.18. The average Bonchev–Trinajstić information content (AvgIpc) is 2.44. The lowest BCUT2D eigenvalue weighted by molar-refractivity contribution is 0.316. The van der Waals surface area contributed by atoms with Gasteiger partial charge in [0.15, 0.2) is 0 Å². The van der Waals surface area contributed by atoms with E-state index < -0.39 is 0 Å². The third-order valence-electron chi connectivity index (χ3n) is 3.39. The Morgan fingerprint density at radius 3 is 2.60 bits per heavy atom. The van der Waals surface area contributed by atoms with Gasteiger partial charge in [0.2, 0.25) is 0 Å². The second kappa shape index (κ2) is 6.96. The molecule has 106 valence electrons. The van der Waals surface area contributed by atoms with E-state index in [2.05, 4.69) is 36.2 Å². The summed E-state index contributed by atoms with van der Waals surface area (Å²) in [7, 11) is 2.06. The van der Waals surface area contributed by atoms with Crippen LogP contribution in [0.15, 0.2) is 48.5 Å². The van der Waals surface area contributed by atoms with Crippen molar-refractivity contribution in [1.29, 1.82) is 0 Å². The smallest absolute Gasteiger partial charge is 0.120 e. The maximum Gasteiger partial charge on any atom is 0.120 e. The summed E-state index contributed by atoms with van der Waals surface area (Å²) >= 11 is 0. The van der Waals surface area contributed by atoms with E-state index >= 15 is 0 Å². The van der Waals surface area contributed by atoms with Gasteiger partial charge < -0.3 is 15.7 Å². The number of anilines is 1. The number of phenols is 1. The molecule has 0 spiro atoms. The largest absolute Gasteiger partial charge is 0.508 e. The van der Waals surface area contributed by atoms with Crippen LogP contribution in [0.4, 0.5) is 5.69 Å². The highest BCUT2D eigenvalue weighted by Gasteiger charge is 2.05. The first-order chi connectivity index (χ1) is 9.65.